The number of rotatable bonds is 17. The molecule has 0 saturated carbocycles. The van der Waals surface area contributed by atoms with Crippen molar-refractivity contribution < 1.29 is 34.3 Å². The van der Waals surface area contributed by atoms with Gasteiger partial charge in [-0.1, -0.05) is 41.9 Å². The van der Waals surface area contributed by atoms with Crippen molar-refractivity contribution in [2.45, 2.75) is 89.4 Å². The second-order valence-corrected chi connectivity index (χ2v) is 14.8. The summed E-state index contributed by atoms with van der Waals surface area (Å²) in [6, 6.07) is 22.3. The number of aliphatic carboxylic acids is 1. The number of fused-ring (bicyclic) bond motifs is 2. The van der Waals surface area contributed by atoms with Gasteiger partial charge in [-0.15, -0.1) is 0 Å². The Kier molecular flexibility index (Phi) is 12.7. The monoisotopic (exact) mass is 754 g/mol. The summed E-state index contributed by atoms with van der Waals surface area (Å²) in [4.78, 5) is 18.5. The van der Waals surface area contributed by atoms with Gasteiger partial charge in [0.1, 0.15) is 42.1 Å². The smallest absolute Gasteiger partial charge is 0.326 e. The Labute approximate surface area is 321 Å². The fourth-order valence-electron chi connectivity index (χ4n) is 7.35. The first-order valence-electron chi connectivity index (χ1n) is 18.3. The van der Waals surface area contributed by atoms with Gasteiger partial charge in [0.05, 0.1) is 29.9 Å². The van der Waals surface area contributed by atoms with Crippen molar-refractivity contribution >= 4 is 17.6 Å². The lowest BCUT2D eigenvalue weighted by atomic mass is 9.96. The molecule has 0 spiro atoms. The summed E-state index contributed by atoms with van der Waals surface area (Å²) in [6.45, 7) is 4.77. The van der Waals surface area contributed by atoms with Crippen molar-refractivity contribution in [1.82, 2.24) is 15.2 Å². The van der Waals surface area contributed by atoms with E-state index in [2.05, 4.69) is 46.4 Å². The zero-order valence-corrected chi connectivity index (χ0v) is 31.4. The number of aromatic nitrogens is 1. The van der Waals surface area contributed by atoms with Gasteiger partial charge in [-0.25, -0.2) is 0 Å². The summed E-state index contributed by atoms with van der Waals surface area (Å²) >= 11 is 6.73. The van der Waals surface area contributed by atoms with Crippen LogP contribution in [0, 0.1) is 18.3 Å². The van der Waals surface area contributed by atoms with Crippen molar-refractivity contribution in [2.24, 2.45) is 0 Å². The molecule has 54 heavy (non-hydrogen) atoms. The minimum Gasteiger partial charge on any atom is -0.494 e. The summed E-state index contributed by atoms with van der Waals surface area (Å²) in [5.74, 6) is 0.375. The third kappa shape index (κ3) is 9.32. The summed E-state index contributed by atoms with van der Waals surface area (Å²) in [6.07, 6.45) is 7.98. The van der Waals surface area contributed by atoms with Crippen LogP contribution in [0.1, 0.15) is 66.8 Å². The molecular weight excluding hydrogens is 708 g/mol. The number of halogens is 1. The predicted molar refractivity (Wildman–Crippen MR) is 205 cm³/mol. The molecule has 1 unspecified atom stereocenters. The van der Waals surface area contributed by atoms with Crippen LogP contribution in [0.3, 0.4) is 0 Å². The number of aliphatic hydroxyl groups is 2. The number of benzene rings is 3. The fraction of sp³-hybridized carbons (Fsp3) is 0.405. The number of carboxylic acid groups (broad SMARTS) is 1. The number of nitriles is 1. The average Bonchev–Trinajstić information content (AvgIpc) is 3.42. The SMILES string of the molecule is Cc1c(COc2cc(OCc3cncc(C#N)c3)c(CNC(C)(CO)C(=O)O)cc2Cl)cccc1-c1cccc(OCCCN2[C@@H]3CC[C@H]2C[C@@H](O)C3)c1. The van der Waals surface area contributed by atoms with Crippen molar-refractivity contribution in [1.29, 1.82) is 5.26 Å². The van der Waals surface area contributed by atoms with Crippen LogP contribution in [0.2, 0.25) is 5.02 Å². The number of nitrogens with zero attached hydrogens (tertiary/aromatic N) is 3. The summed E-state index contributed by atoms with van der Waals surface area (Å²) < 4.78 is 18.6. The van der Waals surface area contributed by atoms with Crippen LogP contribution in [0.25, 0.3) is 11.1 Å². The van der Waals surface area contributed by atoms with Gasteiger partial charge >= 0.3 is 5.97 Å². The number of ether oxygens (including phenoxy) is 3. The normalized spacial score (nSPS) is 19.1. The van der Waals surface area contributed by atoms with Gasteiger partial charge in [-0.05, 0) is 92.5 Å². The Bertz CT molecular complexity index is 1970. The Morgan fingerprint density at radius 3 is 2.52 bits per heavy atom. The zero-order valence-electron chi connectivity index (χ0n) is 30.6. The van der Waals surface area contributed by atoms with Crippen molar-refractivity contribution in [3.8, 4) is 34.4 Å². The zero-order chi connectivity index (χ0) is 38.2. The van der Waals surface area contributed by atoms with Gasteiger partial charge in [-0.3, -0.25) is 20.0 Å². The van der Waals surface area contributed by atoms with E-state index in [1.165, 1.54) is 26.0 Å². The Morgan fingerprint density at radius 1 is 1.02 bits per heavy atom. The molecule has 12 heteroatoms. The van der Waals surface area contributed by atoms with E-state index in [0.29, 0.717) is 51.9 Å². The molecule has 1 aromatic heterocycles. The molecule has 3 heterocycles. The highest BCUT2D eigenvalue weighted by Crippen LogP contribution is 2.37. The molecule has 2 aliphatic heterocycles. The Hall–Kier alpha value is -4.70. The minimum absolute atomic E-state index is 0.0312. The molecule has 4 aromatic rings. The van der Waals surface area contributed by atoms with Crippen LogP contribution in [0.15, 0.2) is 73.1 Å². The van der Waals surface area contributed by atoms with Crippen LogP contribution in [-0.2, 0) is 24.6 Å². The first kappa shape index (κ1) is 39.0. The van der Waals surface area contributed by atoms with E-state index in [4.69, 9.17) is 25.8 Å². The maximum Gasteiger partial charge on any atom is 0.326 e. The molecule has 2 fully saturated rings. The number of hydrogen-bond donors (Lipinski definition) is 4. The van der Waals surface area contributed by atoms with E-state index < -0.39 is 18.1 Å². The van der Waals surface area contributed by atoms with Crippen LogP contribution >= 0.6 is 11.6 Å². The molecule has 0 amide bonds. The van der Waals surface area contributed by atoms with Gasteiger partial charge in [0.25, 0.3) is 0 Å². The molecule has 4 N–H and O–H groups in total. The van der Waals surface area contributed by atoms with Gasteiger partial charge in [0.2, 0.25) is 0 Å². The third-order valence-electron chi connectivity index (χ3n) is 10.6. The number of aliphatic hydroxyl groups excluding tert-OH is 2. The topological polar surface area (TPSA) is 157 Å². The molecule has 284 valence electrons. The quantitative estimate of drug-likeness (QED) is 0.0882. The third-order valence-corrected chi connectivity index (χ3v) is 10.8. The van der Waals surface area contributed by atoms with Crippen molar-refractivity contribution in [3.63, 3.8) is 0 Å². The van der Waals surface area contributed by atoms with Crippen LogP contribution < -0.4 is 19.5 Å². The maximum absolute atomic E-state index is 11.8. The highest BCUT2D eigenvalue weighted by molar-refractivity contribution is 6.32. The standard InChI is InChI=1S/C42H47ClN4O7/c1-27-31(7-4-9-37(27)30-6-3-8-36(15-30)52-13-5-12-47-33-10-11-34(47)18-35(49)17-33)25-54-40-19-39(53-24-29-14-28(20-44)21-45-22-29)32(16-38(40)43)23-46-42(2,26-48)41(50)51/h3-4,6-9,14-16,19,21-22,33-35,46,48-49H,5,10-13,17-18,23-26H2,1-2H3,(H,50,51)/t33-,34+,35+,42?. The van der Waals surface area contributed by atoms with Crippen LogP contribution in [-0.4, -0.2) is 74.7 Å². The van der Waals surface area contributed by atoms with Crippen molar-refractivity contribution in [3.05, 3.63) is 106 Å². The fourth-order valence-corrected chi connectivity index (χ4v) is 7.59. The molecule has 11 nitrogen and oxygen atoms in total. The molecule has 0 radical (unpaired) electrons. The largest absolute Gasteiger partial charge is 0.494 e. The second-order valence-electron chi connectivity index (χ2n) is 14.4. The summed E-state index contributed by atoms with van der Waals surface area (Å²) in [5.41, 5.74) is 4.13. The van der Waals surface area contributed by atoms with Gasteiger partial charge in [-0.2, -0.15) is 5.26 Å². The number of hydrogen-bond acceptors (Lipinski definition) is 10. The summed E-state index contributed by atoms with van der Waals surface area (Å²) in [5, 5.41) is 42.0. The van der Waals surface area contributed by atoms with E-state index in [0.717, 1.165) is 53.8 Å². The van der Waals surface area contributed by atoms with Crippen LogP contribution in [0.4, 0.5) is 0 Å². The predicted octanol–water partition coefficient (Wildman–Crippen LogP) is 6.42. The lowest BCUT2D eigenvalue weighted by Gasteiger charge is -2.37. The maximum atomic E-state index is 11.8. The van der Waals surface area contributed by atoms with Crippen molar-refractivity contribution in [2.75, 3.05) is 19.8 Å². The molecule has 3 aromatic carbocycles. The molecular formula is C42H47ClN4O7. The van der Waals surface area contributed by atoms with Gasteiger partial charge in [0, 0.05) is 54.8 Å². The lowest BCUT2D eigenvalue weighted by Crippen LogP contribution is -2.52. The van der Waals surface area contributed by atoms with E-state index in [1.807, 2.05) is 24.3 Å². The number of carboxylic acids is 1. The number of carbonyl (C=O) groups is 1. The molecule has 4 atom stereocenters. The van der Waals surface area contributed by atoms with Gasteiger partial charge < -0.3 is 29.5 Å². The van der Waals surface area contributed by atoms with E-state index in [9.17, 15) is 25.4 Å². The molecule has 6 rings (SSSR count). The van der Waals surface area contributed by atoms with Crippen LogP contribution in [0.5, 0.6) is 17.2 Å². The molecule has 2 saturated heterocycles. The number of piperidine rings is 1. The first-order valence-corrected chi connectivity index (χ1v) is 18.7. The second kappa shape index (κ2) is 17.6. The molecule has 0 aliphatic carbocycles. The molecule has 2 aliphatic rings. The van der Waals surface area contributed by atoms with E-state index >= 15 is 0 Å². The number of pyridine rings is 1. The molecule has 2 bridgehead atoms. The highest BCUT2D eigenvalue weighted by atomic mass is 35.5. The minimum atomic E-state index is -1.59. The summed E-state index contributed by atoms with van der Waals surface area (Å²) in [7, 11) is 0. The van der Waals surface area contributed by atoms with Gasteiger partial charge in [0.15, 0.2) is 0 Å². The lowest BCUT2D eigenvalue weighted by molar-refractivity contribution is -0.145. The van der Waals surface area contributed by atoms with E-state index in [1.54, 1.807) is 24.4 Å². The average molecular weight is 755 g/mol. The first-order chi connectivity index (χ1) is 26.1. The number of nitrogens with one attached hydrogen (secondary N) is 1. The highest BCUT2D eigenvalue weighted by Gasteiger charge is 2.39. The Balaban J connectivity index is 1.13. The van der Waals surface area contributed by atoms with E-state index in [-0.39, 0.29) is 25.9 Å². The Morgan fingerprint density at radius 2 is 1.78 bits per heavy atom.